The Morgan fingerprint density at radius 1 is 0.929 bits per heavy atom. The molecule has 1 saturated heterocycles. The van der Waals surface area contributed by atoms with E-state index in [0.29, 0.717) is 5.56 Å². The summed E-state index contributed by atoms with van der Waals surface area (Å²) in [6.07, 6.45) is 4.47. The summed E-state index contributed by atoms with van der Waals surface area (Å²) in [4.78, 5) is 15.3. The molecule has 4 rings (SSSR count). The lowest BCUT2D eigenvalue weighted by molar-refractivity contribution is -0.133. The van der Waals surface area contributed by atoms with Crippen LogP contribution in [0.15, 0.2) is 42.5 Å². The van der Waals surface area contributed by atoms with E-state index >= 15 is 0 Å². The van der Waals surface area contributed by atoms with Crippen molar-refractivity contribution in [2.45, 2.75) is 45.4 Å². The molecule has 1 amide bonds. The minimum atomic E-state index is -0.568. The van der Waals surface area contributed by atoms with E-state index < -0.39 is 11.6 Å². The maximum absolute atomic E-state index is 14.5. The lowest BCUT2D eigenvalue weighted by atomic mass is 9.93. The van der Waals surface area contributed by atoms with Gasteiger partial charge in [0.2, 0.25) is 5.91 Å². The van der Waals surface area contributed by atoms with Gasteiger partial charge in [-0.3, -0.25) is 4.79 Å². The summed E-state index contributed by atoms with van der Waals surface area (Å²) in [5.41, 5.74) is 1.20. The first-order valence-electron chi connectivity index (χ1n) is 10.2. The number of rotatable bonds is 3. The fourth-order valence-electron chi connectivity index (χ4n) is 4.92. The molecule has 2 atom stereocenters. The summed E-state index contributed by atoms with van der Waals surface area (Å²) in [7, 11) is 0. The van der Waals surface area contributed by atoms with Crippen LogP contribution >= 0.6 is 0 Å². The van der Waals surface area contributed by atoms with Gasteiger partial charge in [0, 0.05) is 19.0 Å². The molecule has 2 aliphatic rings. The van der Waals surface area contributed by atoms with Gasteiger partial charge in [0.15, 0.2) is 0 Å². The molecule has 0 aromatic heterocycles. The summed E-state index contributed by atoms with van der Waals surface area (Å²) >= 11 is 0. The third kappa shape index (κ3) is 3.23. The molecule has 2 unspecified atom stereocenters. The maximum atomic E-state index is 14.5. The predicted molar refractivity (Wildman–Crippen MR) is 107 cm³/mol. The molecule has 148 valence electrons. The smallest absolute Gasteiger partial charge is 0.226 e. The van der Waals surface area contributed by atoms with Crippen molar-refractivity contribution >= 4 is 5.91 Å². The Bertz CT molecular complexity index is 864. The van der Waals surface area contributed by atoms with E-state index in [9.17, 15) is 13.6 Å². The van der Waals surface area contributed by atoms with E-state index in [1.165, 1.54) is 31.0 Å². The highest BCUT2D eigenvalue weighted by Crippen LogP contribution is 2.66. The van der Waals surface area contributed by atoms with Crippen molar-refractivity contribution in [3.8, 4) is 11.1 Å². The van der Waals surface area contributed by atoms with E-state index in [4.69, 9.17) is 0 Å². The quantitative estimate of drug-likeness (QED) is 0.658. The Morgan fingerprint density at radius 3 is 2.18 bits per heavy atom. The van der Waals surface area contributed by atoms with E-state index in [1.54, 1.807) is 12.1 Å². The highest BCUT2D eigenvalue weighted by molar-refractivity contribution is 5.86. The zero-order chi connectivity index (χ0) is 19.9. The van der Waals surface area contributed by atoms with Crippen LogP contribution in [0.25, 0.3) is 11.1 Å². The topological polar surface area (TPSA) is 20.3 Å². The standard InChI is InChI=1S/C24H27F2NO/c1-24(2)21(22(24)23(28)27-14-7-3-4-8-15-27)17-11-6-5-10-16(17)20-18(25)12-9-13-19(20)26/h5-6,9-13,21-22H,3-4,7-8,14-15H2,1-2H3. The molecule has 2 nitrogen and oxygen atoms in total. The minimum absolute atomic E-state index is 0.00164. The summed E-state index contributed by atoms with van der Waals surface area (Å²) in [5.74, 6) is -1.11. The molecule has 1 heterocycles. The monoisotopic (exact) mass is 383 g/mol. The zero-order valence-corrected chi connectivity index (χ0v) is 16.6. The van der Waals surface area contributed by atoms with Crippen molar-refractivity contribution in [3.63, 3.8) is 0 Å². The predicted octanol–water partition coefficient (Wildman–Crippen LogP) is 5.77. The lowest BCUT2D eigenvalue weighted by Gasteiger charge is -2.21. The van der Waals surface area contributed by atoms with Crippen LogP contribution in [0, 0.1) is 23.0 Å². The summed E-state index contributed by atoms with van der Waals surface area (Å²) in [5, 5.41) is 0. The van der Waals surface area contributed by atoms with E-state index in [2.05, 4.69) is 13.8 Å². The van der Waals surface area contributed by atoms with Gasteiger partial charge in [0.1, 0.15) is 11.6 Å². The van der Waals surface area contributed by atoms with E-state index in [0.717, 1.165) is 31.5 Å². The fourth-order valence-corrected chi connectivity index (χ4v) is 4.92. The van der Waals surface area contributed by atoms with Gasteiger partial charge in [-0.2, -0.15) is 0 Å². The van der Waals surface area contributed by atoms with Crippen LogP contribution < -0.4 is 0 Å². The molecule has 1 aliphatic heterocycles. The van der Waals surface area contributed by atoms with Gasteiger partial charge in [-0.05, 0) is 41.5 Å². The number of halogens is 2. The highest BCUT2D eigenvalue weighted by Gasteiger charge is 2.63. The number of likely N-dealkylation sites (tertiary alicyclic amines) is 1. The Balaban J connectivity index is 1.69. The molecule has 2 aromatic rings. The largest absolute Gasteiger partial charge is 0.342 e. The average Bonchev–Trinajstić information content (AvgIpc) is 3.33. The third-order valence-corrected chi connectivity index (χ3v) is 6.54. The molecular weight excluding hydrogens is 356 g/mol. The van der Waals surface area contributed by atoms with Crippen LogP contribution in [0.4, 0.5) is 8.78 Å². The SMILES string of the molecule is CC1(C)C(C(=O)N2CCCCCC2)C1c1ccccc1-c1c(F)cccc1F. The van der Waals surface area contributed by atoms with Crippen molar-refractivity contribution in [3.05, 3.63) is 59.7 Å². The van der Waals surface area contributed by atoms with Crippen molar-refractivity contribution in [2.75, 3.05) is 13.1 Å². The number of hydrogen-bond donors (Lipinski definition) is 0. The Hall–Kier alpha value is -2.23. The second kappa shape index (κ2) is 7.31. The molecule has 0 radical (unpaired) electrons. The summed E-state index contributed by atoms with van der Waals surface area (Å²) in [6, 6.07) is 11.3. The molecule has 0 bridgehead atoms. The number of carbonyl (C=O) groups is 1. The molecule has 28 heavy (non-hydrogen) atoms. The van der Waals surface area contributed by atoms with Gasteiger partial charge >= 0.3 is 0 Å². The van der Waals surface area contributed by atoms with Crippen LogP contribution in [0.3, 0.4) is 0 Å². The average molecular weight is 383 g/mol. The summed E-state index contributed by atoms with van der Waals surface area (Å²) < 4.78 is 28.9. The molecule has 4 heteroatoms. The molecule has 1 aliphatic carbocycles. The first kappa shape index (κ1) is 19.1. The number of hydrogen-bond acceptors (Lipinski definition) is 1. The number of nitrogens with zero attached hydrogens (tertiary/aromatic N) is 1. The first-order valence-corrected chi connectivity index (χ1v) is 10.2. The first-order chi connectivity index (χ1) is 13.4. The van der Waals surface area contributed by atoms with Gasteiger partial charge in [0.05, 0.1) is 11.5 Å². The molecule has 0 spiro atoms. The van der Waals surface area contributed by atoms with Crippen LogP contribution in [0.1, 0.15) is 51.0 Å². The number of benzene rings is 2. The Morgan fingerprint density at radius 2 is 1.54 bits per heavy atom. The molecule has 2 fully saturated rings. The molecular formula is C24H27F2NO. The van der Waals surface area contributed by atoms with Gasteiger partial charge in [0.25, 0.3) is 0 Å². The third-order valence-electron chi connectivity index (χ3n) is 6.54. The van der Waals surface area contributed by atoms with Crippen LogP contribution in [-0.2, 0) is 4.79 Å². The zero-order valence-electron chi connectivity index (χ0n) is 16.6. The van der Waals surface area contributed by atoms with Gasteiger partial charge in [-0.25, -0.2) is 8.78 Å². The molecule has 1 saturated carbocycles. The number of carbonyl (C=O) groups excluding carboxylic acids is 1. The van der Waals surface area contributed by atoms with Crippen molar-refractivity contribution in [2.24, 2.45) is 11.3 Å². The second-order valence-corrected chi connectivity index (χ2v) is 8.70. The normalized spacial score (nSPS) is 23.9. The maximum Gasteiger partial charge on any atom is 0.226 e. The van der Waals surface area contributed by atoms with Gasteiger partial charge in [-0.1, -0.05) is 57.0 Å². The van der Waals surface area contributed by atoms with Crippen LogP contribution in [0.5, 0.6) is 0 Å². The van der Waals surface area contributed by atoms with Crippen LogP contribution in [-0.4, -0.2) is 23.9 Å². The Kier molecular flexibility index (Phi) is 4.98. The summed E-state index contributed by atoms with van der Waals surface area (Å²) in [6.45, 7) is 5.82. The molecule has 0 N–H and O–H groups in total. The van der Waals surface area contributed by atoms with Crippen LogP contribution in [0.2, 0.25) is 0 Å². The fraction of sp³-hybridized carbons (Fsp3) is 0.458. The lowest BCUT2D eigenvalue weighted by Crippen LogP contribution is -2.34. The van der Waals surface area contributed by atoms with E-state index in [-0.39, 0.29) is 28.7 Å². The second-order valence-electron chi connectivity index (χ2n) is 8.70. The number of amides is 1. The minimum Gasteiger partial charge on any atom is -0.342 e. The van der Waals surface area contributed by atoms with E-state index in [1.807, 2.05) is 17.0 Å². The Labute approximate surface area is 165 Å². The van der Waals surface area contributed by atoms with Gasteiger partial charge < -0.3 is 4.90 Å². The van der Waals surface area contributed by atoms with Crippen molar-refractivity contribution in [1.82, 2.24) is 4.90 Å². The highest BCUT2D eigenvalue weighted by atomic mass is 19.1. The van der Waals surface area contributed by atoms with Crippen molar-refractivity contribution < 1.29 is 13.6 Å². The van der Waals surface area contributed by atoms with Crippen molar-refractivity contribution in [1.29, 1.82) is 0 Å². The molecule has 2 aromatic carbocycles. The van der Waals surface area contributed by atoms with Gasteiger partial charge in [-0.15, -0.1) is 0 Å².